The van der Waals surface area contributed by atoms with Crippen molar-refractivity contribution in [1.82, 2.24) is 10.9 Å². The molecule has 25 heavy (non-hydrogen) atoms. The fourth-order valence-corrected chi connectivity index (χ4v) is 2.44. The predicted molar refractivity (Wildman–Crippen MR) is 103 cm³/mol. The average molecular weight is 357 g/mol. The van der Waals surface area contributed by atoms with Gasteiger partial charge in [-0.2, -0.15) is 0 Å². The molecule has 0 fully saturated rings. The maximum absolute atomic E-state index is 13.1. The van der Waals surface area contributed by atoms with Crippen LogP contribution in [0, 0.1) is 12.7 Å². The van der Waals surface area contributed by atoms with E-state index in [0.717, 1.165) is 23.2 Å². The Bertz CT molecular complexity index is 805. The summed E-state index contributed by atoms with van der Waals surface area (Å²) in [5, 5.41) is 3.39. The average Bonchev–Trinajstić information content (AvgIpc) is 2.60. The zero-order valence-electron chi connectivity index (χ0n) is 14.1. The number of benzene rings is 2. The van der Waals surface area contributed by atoms with Crippen LogP contribution in [0.5, 0.6) is 0 Å². The summed E-state index contributed by atoms with van der Waals surface area (Å²) in [5.74, 6) is -0.745. The lowest BCUT2D eigenvalue weighted by molar-refractivity contribution is -0.116. The molecule has 0 spiro atoms. The summed E-state index contributed by atoms with van der Waals surface area (Å²) in [4.78, 5) is 11.8. The van der Waals surface area contributed by atoms with E-state index in [-0.39, 0.29) is 10.9 Å². The molecule has 0 aliphatic rings. The molecule has 0 atom stereocenters. The van der Waals surface area contributed by atoms with Gasteiger partial charge in [-0.25, -0.2) is 4.39 Å². The standard InChI is InChI=1S/C19H20FN3OS/c1-3-15-8-4-6-13(2)18(15)21-19(25)23-22-17(24)11-10-14-7-5-9-16(20)12-14/h4-12H,3H2,1-2H3,(H,22,24)(H2,21,23,25)/b11-10+. The van der Waals surface area contributed by atoms with Gasteiger partial charge in [0.05, 0.1) is 0 Å². The number of carbonyl (C=O) groups is 1. The summed E-state index contributed by atoms with van der Waals surface area (Å²) in [6, 6.07) is 12.0. The summed E-state index contributed by atoms with van der Waals surface area (Å²) in [6.07, 6.45) is 3.69. The van der Waals surface area contributed by atoms with Crippen molar-refractivity contribution in [3.05, 3.63) is 71.0 Å². The van der Waals surface area contributed by atoms with E-state index in [0.29, 0.717) is 5.56 Å². The minimum atomic E-state index is -0.395. The first-order chi connectivity index (χ1) is 12.0. The molecule has 2 rings (SSSR count). The lowest BCUT2D eigenvalue weighted by Gasteiger charge is -2.15. The molecular weight excluding hydrogens is 337 g/mol. The van der Waals surface area contributed by atoms with Crippen molar-refractivity contribution in [2.24, 2.45) is 0 Å². The van der Waals surface area contributed by atoms with Crippen LogP contribution in [0.25, 0.3) is 6.08 Å². The number of hydrazine groups is 1. The Kier molecular flexibility index (Phi) is 6.65. The van der Waals surface area contributed by atoms with Crippen LogP contribution in [0.2, 0.25) is 0 Å². The number of anilines is 1. The van der Waals surface area contributed by atoms with Crippen molar-refractivity contribution in [3.8, 4) is 0 Å². The molecule has 0 saturated carbocycles. The first-order valence-electron chi connectivity index (χ1n) is 7.88. The number of carbonyl (C=O) groups excluding carboxylic acids is 1. The zero-order valence-corrected chi connectivity index (χ0v) is 14.9. The molecule has 6 heteroatoms. The first-order valence-corrected chi connectivity index (χ1v) is 8.29. The fourth-order valence-electron chi connectivity index (χ4n) is 2.29. The summed E-state index contributed by atoms with van der Waals surface area (Å²) in [6.45, 7) is 4.06. The molecule has 130 valence electrons. The van der Waals surface area contributed by atoms with Gasteiger partial charge in [-0.05, 0) is 60.5 Å². The van der Waals surface area contributed by atoms with Gasteiger partial charge >= 0.3 is 0 Å². The highest BCUT2D eigenvalue weighted by atomic mass is 32.1. The number of thiocarbonyl (C=S) groups is 1. The predicted octanol–water partition coefficient (Wildman–Crippen LogP) is 3.73. The highest BCUT2D eigenvalue weighted by Gasteiger charge is 2.06. The van der Waals surface area contributed by atoms with E-state index in [1.165, 1.54) is 24.3 Å². The molecule has 3 N–H and O–H groups in total. The Balaban J connectivity index is 1.89. The van der Waals surface area contributed by atoms with Gasteiger partial charge in [0.25, 0.3) is 5.91 Å². The molecule has 2 aromatic rings. The lowest BCUT2D eigenvalue weighted by Crippen LogP contribution is -2.43. The maximum atomic E-state index is 13.1. The van der Waals surface area contributed by atoms with E-state index < -0.39 is 5.91 Å². The molecule has 0 saturated heterocycles. The minimum Gasteiger partial charge on any atom is -0.331 e. The number of halogens is 1. The summed E-state index contributed by atoms with van der Waals surface area (Å²) in [7, 11) is 0. The minimum absolute atomic E-state index is 0.288. The van der Waals surface area contributed by atoms with Gasteiger partial charge in [0.15, 0.2) is 5.11 Å². The number of hydrogen-bond acceptors (Lipinski definition) is 2. The van der Waals surface area contributed by atoms with Crippen LogP contribution < -0.4 is 16.2 Å². The number of hydrogen-bond donors (Lipinski definition) is 3. The van der Waals surface area contributed by atoms with Crippen LogP contribution in [0.1, 0.15) is 23.6 Å². The van der Waals surface area contributed by atoms with Crippen molar-refractivity contribution >= 4 is 35.0 Å². The largest absolute Gasteiger partial charge is 0.331 e. The number of nitrogens with one attached hydrogen (secondary N) is 3. The molecule has 0 aliphatic carbocycles. The topological polar surface area (TPSA) is 53.2 Å². The van der Waals surface area contributed by atoms with Gasteiger partial charge in [0.1, 0.15) is 5.82 Å². The first kappa shape index (κ1) is 18.6. The van der Waals surface area contributed by atoms with E-state index in [9.17, 15) is 9.18 Å². The second kappa shape index (κ2) is 8.94. The number of rotatable bonds is 4. The molecule has 2 aromatic carbocycles. The number of para-hydroxylation sites is 1. The van der Waals surface area contributed by atoms with Crippen molar-refractivity contribution in [2.75, 3.05) is 5.32 Å². The van der Waals surface area contributed by atoms with E-state index in [4.69, 9.17) is 12.2 Å². The molecular formula is C19H20FN3OS. The number of amides is 1. The smallest absolute Gasteiger partial charge is 0.262 e. The van der Waals surface area contributed by atoms with Crippen LogP contribution in [-0.4, -0.2) is 11.0 Å². The molecule has 4 nitrogen and oxygen atoms in total. The van der Waals surface area contributed by atoms with E-state index >= 15 is 0 Å². The second-order valence-electron chi connectivity index (χ2n) is 5.42. The zero-order chi connectivity index (χ0) is 18.2. The normalized spacial score (nSPS) is 10.5. The van der Waals surface area contributed by atoms with Crippen LogP contribution in [0.4, 0.5) is 10.1 Å². The van der Waals surface area contributed by atoms with E-state index in [2.05, 4.69) is 23.1 Å². The monoisotopic (exact) mass is 357 g/mol. The molecule has 0 aromatic heterocycles. The van der Waals surface area contributed by atoms with Gasteiger partial charge in [0.2, 0.25) is 0 Å². The molecule has 0 aliphatic heterocycles. The van der Waals surface area contributed by atoms with Gasteiger partial charge in [0, 0.05) is 11.8 Å². The third-order valence-electron chi connectivity index (χ3n) is 3.55. The van der Waals surface area contributed by atoms with Crippen LogP contribution >= 0.6 is 12.2 Å². The van der Waals surface area contributed by atoms with Crippen molar-refractivity contribution < 1.29 is 9.18 Å². The van der Waals surface area contributed by atoms with E-state index in [1.807, 2.05) is 25.1 Å². The third-order valence-corrected chi connectivity index (χ3v) is 3.76. The molecule has 1 amide bonds. The van der Waals surface area contributed by atoms with Crippen molar-refractivity contribution in [2.45, 2.75) is 20.3 Å². The maximum Gasteiger partial charge on any atom is 0.262 e. The Labute approximate surface area is 152 Å². The lowest BCUT2D eigenvalue weighted by atomic mass is 10.1. The number of aryl methyl sites for hydroxylation is 2. The summed E-state index contributed by atoms with van der Waals surface area (Å²) < 4.78 is 13.1. The van der Waals surface area contributed by atoms with E-state index in [1.54, 1.807) is 12.1 Å². The fraction of sp³-hybridized carbons (Fsp3) is 0.158. The Morgan fingerprint density at radius 3 is 2.68 bits per heavy atom. The molecule has 0 unspecified atom stereocenters. The molecule has 0 bridgehead atoms. The summed E-state index contributed by atoms with van der Waals surface area (Å²) >= 11 is 5.21. The van der Waals surface area contributed by atoms with Crippen LogP contribution in [0.15, 0.2) is 48.5 Å². The third kappa shape index (κ3) is 5.69. The Hall–Kier alpha value is -2.73. The Morgan fingerprint density at radius 1 is 1.20 bits per heavy atom. The quantitative estimate of drug-likeness (QED) is 0.443. The SMILES string of the molecule is CCc1cccc(C)c1NC(=S)NNC(=O)/C=C/c1cccc(F)c1. The second-order valence-corrected chi connectivity index (χ2v) is 5.83. The van der Waals surface area contributed by atoms with Crippen molar-refractivity contribution in [3.63, 3.8) is 0 Å². The molecule has 0 radical (unpaired) electrons. The van der Waals surface area contributed by atoms with Gasteiger partial charge in [-0.3, -0.25) is 15.6 Å². The highest BCUT2D eigenvalue weighted by Crippen LogP contribution is 2.20. The van der Waals surface area contributed by atoms with Gasteiger partial charge in [-0.15, -0.1) is 0 Å². The van der Waals surface area contributed by atoms with Gasteiger partial charge in [-0.1, -0.05) is 37.3 Å². The van der Waals surface area contributed by atoms with Crippen molar-refractivity contribution in [1.29, 1.82) is 0 Å². The van der Waals surface area contributed by atoms with Crippen LogP contribution in [-0.2, 0) is 11.2 Å². The highest BCUT2D eigenvalue weighted by molar-refractivity contribution is 7.80. The van der Waals surface area contributed by atoms with Gasteiger partial charge < -0.3 is 5.32 Å². The Morgan fingerprint density at radius 2 is 1.96 bits per heavy atom. The summed E-state index contributed by atoms with van der Waals surface area (Å²) in [5.41, 5.74) is 8.87. The van der Waals surface area contributed by atoms with Crippen LogP contribution in [0.3, 0.4) is 0 Å². The molecule has 0 heterocycles.